The van der Waals surface area contributed by atoms with Crippen LogP contribution in [0.3, 0.4) is 0 Å². The molecule has 2 aromatic carbocycles. The van der Waals surface area contributed by atoms with Gasteiger partial charge in [0.1, 0.15) is 0 Å². The van der Waals surface area contributed by atoms with Crippen LogP contribution in [0.2, 0.25) is 0 Å². The third-order valence-electron chi connectivity index (χ3n) is 3.33. The fourth-order valence-corrected chi connectivity index (χ4v) is 2.28. The van der Waals surface area contributed by atoms with Gasteiger partial charge >= 0.3 is 6.18 Å². The molecule has 2 aromatic rings. The highest BCUT2D eigenvalue weighted by Gasteiger charge is 2.29. The molecule has 1 aliphatic carbocycles. The fraction of sp³-hybridized carbons (Fsp3) is 0.125. The van der Waals surface area contributed by atoms with Crippen molar-refractivity contribution in [3.8, 4) is 11.1 Å². The van der Waals surface area contributed by atoms with Gasteiger partial charge in [0.05, 0.1) is 5.56 Å². The van der Waals surface area contributed by atoms with E-state index in [2.05, 4.69) is 6.08 Å². The first-order valence-corrected chi connectivity index (χ1v) is 6.01. The van der Waals surface area contributed by atoms with E-state index in [0.29, 0.717) is 0 Å². The van der Waals surface area contributed by atoms with E-state index in [-0.39, 0.29) is 0 Å². The quantitative estimate of drug-likeness (QED) is 0.681. The van der Waals surface area contributed by atoms with Gasteiger partial charge in [-0.25, -0.2) is 0 Å². The maximum atomic E-state index is 12.5. The molecule has 0 heterocycles. The Morgan fingerprint density at radius 1 is 0.842 bits per heavy atom. The molecule has 0 spiro atoms. The van der Waals surface area contributed by atoms with Crippen molar-refractivity contribution in [3.05, 3.63) is 65.2 Å². The predicted molar refractivity (Wildman–Crippen MR) is 69.6 cm³/mol. The van der Waals surface area contributed by atoms with Crippen molar-refractivity contribution in [1.82, 2.24) is 0 Å². The van der Waals surface area contributed by atoms with Gasteiger partial charge in [0, 0.05) is 0 Å². The molecule has 96 valence electrons. The lowest BCUT2D eigenvalue weighted by atomic mass is 9.99. The number of hydrogen-bond donors (Lipinski definition) is 0. The summed E-state index contributed by atoms with van der Waals surface area (Å²) in [7, 11) is 0. The SMILES string of the molecule is FC(F)(F)c1ccc(-c2ccc3c(c2)C=CC3)cc1. The Morgan fingerprint density at radius 3 is 2.21 bits per heavy atom. The molecular formula is C16H11F3. The van der Waals surface area contributed by atoms with Gasteiger partial charge in [0.25, 0.3) is 0 Å². The zero-order chi connectivity index (χ0) is 13.5. The van der Waals surface area contributed by atoms with Crippen LogP contribution in [-0.2, 0) is 12.6 Å². The number of halogens is 3. The van der Waals surface area contributed by atoms with Crippen LogP contribution in [0.1, 0.15) is 16.7 Å². The third kappa shape index (κ3) is 2.28. The van der Waals surface area contributed by atoms with Gasteiger partial charge < -0.3 is 0 Å². The third-order valence-corrected chi connectivity index (χ3v) is 3.33. The molecule has 3 rings (SSSR count). The summed E-state index contributed by atoms with van der Waals surface area (Å²) >= 11 is 0. The molecule has 0 amide bonds. The maximum Gasteiger partial charge on any atom is 0.416 e. The summed E-state index contributed by atoms with van der Waals surface area (Å²) in [5.41, 5.74) is 3.54. The molecule has 0 N–H and O–H groups in total. The van der Waals surface area contributed by atoms with Gasteiger partial charge in [-0.3, -0.25) is 0 Å². The first-order valence-electron chi connectivity index (χ1n) is 6.01. The van der Waals surface area contributed by atoms with Crippen LogP contribution in [0.15, 0.2) is 48.5 Å². The van der Waals surface area contributed by atoms with Gasteiger partial charge in [0.15, 0.2) is 0 Å². The number of hydrogen-bond acceptors (Lipinski definition) is 0. The highest BCUT2D eigenvalue weighted by molar-refractivity contribution is 5.71. The van der Waals surface area contributed by atoms with Crippen LogP contribution in [0.4, 0.5) is 13.2 Å². The van der Waals surface area contributed by atoms with Crippen molar-refractivity contribution in [2.24, 2.45) is 0 Å². The molecule has 1 aliphatic rings. The molecule has 0 saturated heterocycles. The molecule has 0 unspecified atom stereocenters. The zero-order valence-electron chi connectivity index (χ0n) is 10.0. The van der Waals surface area contributed by atoms with Crippen molar-refractivity contribution in [3.63, 3.8) is 0 Å². The molecule has 0 bridgehead atoms. The lowest BCUT2D eigenvalue weighted by molar-refractivity contribution is -0.137. The predicted octanol–water partition coefficient (Wildman–Crippen LogP) is 4.94. The summed E-state index contributed by atoms with van der Waals surface area (Å²) in [5.74, 6) is 0. The van der Waals surface area contributed by atoms with E-state index < -0.39 is 11.7 Å². The van der Waals surface area contributed by atoms with Gasteiger partial charge in [-0.1, -0.05) is 36.4 Å². The molecule has 0 fully saturated rings. The summed E-state index contributed by atoms with van der Waals surface area (Å²) in [6.45, 7) is 0. The van der Waals surface area contributed by atoms with E-state index in [1.807, 2.05) is 24.3 Å². The van der Waals surface area contributed by atoms with Gasteiger partial charge in [-0.2, -0.15) is 13.2 Å². The van der Waals surface area contributed by atoms with Crippen molar-refractivity contribution in [2.75, 3.05) is 0 Å². The second-order valence-corrected chi connectivity index (χ2v) is 4.60. The number of allylic oxidation sites excluding steroid dienone is 1. The van der Waals surface area contributed by atoms with E-state index in [0.717, 1.165) is 35.2 Å². The second kappa shape index (κ2) is 4.26. The molecule has 0 atom stereocenters. The Morgan fingerprint density at radius 2 is 1.53 bits per heavy atom. The summed E-state index contributed by atoms with van der Waals surface area (Å²) in [5, 5.41) is 0. The van der Waals surface area contributed by atoms with Crippen molar-refractivity contribution in [1.29, 1.82) is 0 Å². The fourth-order valence-electron chi connectivity index (χ4n) is 2.28. The Balaban J connectivity index is 1.96. The highest BCUT2D eigenvalue weighted by Crippen LogP contribution is 2.32. The lowest BCUT2D eigenvalue weighted by Crippen LogP contribution is -2.03. The summed E-state index contributed by atoms with van der Waals surface area (Å²) < 4.78 is 37.5. The summed E-state index contributed by atoms with van der Waals surface area (Å²) in [6.07, 6.45) is 0.784. The van der Waals surface area contributed by atoms with E-state index in [4.69, 9.17) is 0 Å². The normalized spacial score (nSPS) is 13.6. The first-order chi connectivity index (χ1) is 9.04. The molecule has 0 aromatic heterocycles. The highest BCUT2D eigenvalue weighted by atomic mass is 19.4. The number of fused-ring (bicyclic) bond motifs is 1. The Labute approximate surface area is 109 Å². The number of benzene rings is 2. The van der Waals surface area contributed by atoms with E-state index in [9.17, 15) is 13.2 Å². The smallest absolute Gasteiger partial charge is 0.166 e. The Bertz CT molecular complexity index is 634. The van der Waals surface area contributed by atoms with Crippen LogP contribution in [0, 0.1) is 0 Å². The molecule has 0 aliphatic heterocycles. The van der Waals surface area contributed by atoms with Gasteiger partial charge in [-0.05, 0) is 46.9 Å². The second-order valence-electron chi connectivity index (χ2n) is 4.60. The summed E-state index contributed by atoms with van der Waals surface area (Å²) in [6, 6.07) is 11.3. The number of alkyl halides is 3. The molecule has 3 heteroatoms. The molecule has 19 heavy (non-hydrogen) atoms. The van der Waals surface area contributed by atoms with E-state index >= 15 is 0 Å². The van der Waals surface area contributed by atoms with Crippen molar-refractivity contribution in [2.45, 2.75) is 12.6 Å². The van der Waals surface area contributed by atoms with Gasteiger partial charge in [-0.15, -0.1) is 0 Å². The van der Waals surface area contributed by atoms with Crippen molar-refractivity contribution < 1.29 is 13.2 Å². The molecule has 0 nitrogen and oxygen atoms in total. The monoisotopic (exact) mass is 260 g/mol. The molecule has 0 radical (unpaired) electrons. The standard InChI is InChI=1S/C16H11F3/c17-16(18,19)15-8-6-12(7-9-15)14-5-4-11-2-1-3-13(11)10-14/h1,3-10H,2H2. The molecular weight excluding hydrogens is 249 g/mol. The average Bonchev–Trinajstić information content (AvgIpc) is 2.85. The Hall–Kier alpha value is -2.03. The average molecular weight is 260 g/mol. The Kier molecular flexibility index (Phi) is 2.70. The molecule has 0 saturated carbocycles. The van der Waals surface area contributed by atoms with Gasteiger partial charge in [0.2, 0.25) is 0 Å². The maximum absolute atomic E-state index is 12.5. The zero-order valence-corrected chi connectivity index (χ0v) is 10.0. The van der Waals surface area contributed by atoms with E-state index in [1.165, 1.54) is 17.7 Å². The van der Waals surface area contributed by atoms with Crippen molar-refractivity contribution >= 4 is 6.08 Å². The van der Waals surface area contributed by atoms with Crippen LogP contribution in [0.25, 0.3) is 17.2 Å². The van der Waals surface area contributed by atoms with Crippen LogP contribution >= 0.6 is 0 Å². The van der Waals surface area contributed by atoms with Crippen LogP contribution in [0.5, 0.6) is 0 Å². The number of rotatable bonds is 1. The van der Waals surface area contributed by atoms with Crippen LogP contribution in [-0.4, -0.2) is 0 Å². The first kappa shape index (κ1) is 12.0. The lowest BCUT2D eigenvalue weighted by Gasteiger charge is -2.08. The minimum atomic E-state index is -4.28. The summed E-state index contributed by atoms with van der Waals surface area (Å²) in [4.78, 5) is 0. The topological polar surface area (TPSA) is 0 Å². The largest absolute Gasteiger partial charge is 0.416 e. The minimum absolute atomic E-state index is 0.614. The minimum Gasteiger partial charge on any atom is -0.166 e. The van der Waals surface area contributed by atoms with Crippen LogP contribution < -0.4 is 0 Å². The van der Waals surface area contributed by atoms with E-state index in [1.54, 1.807) is 0 Å².